The van der Waals surface area contributed by atoms with Crippen molar-refractivity contribution in [3.63, 3.8) is 0 Å². The molecule has 1 fully saturated rings. The van der Waals surface area contributed by atoms with Crippen molar-refractivity contribution < 1.29 is 23.8 Å². The molecule has 0 aromatic carbocycles. The summed E-state index contributed by atoms with van der Waals surface area (Å²) in [4.78, 5) is 31.2. The number of imidazole rings is 1. The Bertz CT molecular complexity index is 1220. The Kier molecular flexibility index (Phi) is 8.16. The molecule has 0 radical (unpaired) electrons. The number of halogens is 1. The van der Waals surface area contributed by atoms with Gasteiger partial charge in [0.1, 0.15) is 17.8 Å². The highest BCUT2D eigenvalue weighted by molar-refractivity contribution is 9.10. The number of carbonyl (C=O) groups is 2. The molecule has 2 amide bonds. The first-order valence-corrected chi connectivity index (χ1v) is 12.8. The van der Waals surface area contributed by atoms with Gasteiger partial charge in [0.2, 0.25) is 0 Å². The minimum absolute atomic E-state index is 0.00315. The van der Waals surface area contributed by atoms with Gasteiger partial charge in [-0.1, -0.05) is 0 Å². The van der Waals surface area contributed by atoms with E-state index in [4.69, 9.17) is 25.7 Å². The highest BCUT2D eigenvalue weighted by Gasteiger charge is 2.35. The van der Waals surface area contributed by atoms with Crippen LogP contribution in [0, 0.1) is 0 Å². The molecule has 2 heterocycles. The smallest absolute Gasteiger partial charge is 0.425 e. The van der Waals surface area contributed by atoms with Crippen LogP contribution in [0.5, 0.6) is 0 Å². The number of hydrogen-bond acceptors (Lipinski definition) is 8. The Morgan fingerprint density at radius 1 is 1.11 bits per heavy atom. The molecule has 3 rings (SSSR count). The Labute approximate surface area is 225 Å². The second-order valence-electron chi connectivity index (χ2n) is 11.1. The van der Waals surface area contributed by atoms with E-state index in [1.807, 2.05) is 10.6 Å². The third-order valence-electron chi connectivity index (χ3n) is 5.01. The lowest BCUT2D eigenvalue weighted by molar-refractivity contribution is 0.00671. The maximum Gasteiger partial charge on any atom is 0.425 e. The summed E-state index contributed by atoms with van der Waals surface area (Å²) < 4.78 is 19.6. The number of imide groups is 1. The molecule has 2 aromatic heterocycles. The summed E-state index contributed by atoms with van der Waals surface area (Å²) in [5.41, 5.74) is 13.4. The van der Waals surface area contributed by atoms with Gasteiger partial charge in [0.25, 0.3) is 0 Å². The Balaban J connectivity index is 1.94. The van der Waals surface area contributed by atoms with Crippen molar-refractivity contribution >= 4 is 33.8 Å². The molecule has 0 saturated heterocycles. The molecule has 1 aliphatic carbocycles. The van der Waals surface area contributed by atoms with E-state index in [9.17, 15) is 9.59 Å². The third kappa shape index (κ3) is 7.88. The zero-order chi connectivity index (χ0) is 27.7. The number of nitrogens with two attached hydrogens (primary N) is 2. The first-order chi connectivity index (χ1) is 17.0. The molecule has 0 atom stereocenters. The van der Waals surface area contributed by atoms with Gasteiger partial charge in [-0.2, -0.15) is 4.90 Å². The number of rotatable bonds is 6. The van der Waals surface area contributed by atoms with E-state index in [-0.39, 0.29) is 18.2 Å². The first kappa shape index (κ1) is 28.4. The molecule has 1 saturated carbocycles. The minimum Gasteiger partial charge on any atom is -0.483 e. The van der Waals surface area contributed by atoms with E-state index >= 15 is 0 Å². The van der Waals surface area contributed by atoms with E-state index in [0.29, 0.717) is 22.2 Å². The van der Waals surface area contributed by atoms with Crippen LogP contribution < -0.4 is 11.5 Å². The quantitative estimate of drug-likeness (QED) is 0.332. The van der Waals surface area contributed by atoms with Crippen LogP contribution in [-0.4, -0.2) is 37.7 Å². The highest BCUT2D eigenvalue weighted by atomic mass is 79.9. The van der Waals surface area contributed by atoms with Crippen LogP contribution in [0.4, 0.5) is 9.59 Å². The normalized spacial score (nSPS) is 15.3. The molecule has 10 nitrogen and oxygen atoms in total. The monoisotopic (exact) mass is 577 g/mol. The predicted molar refractivity (Wildman–Crippen MR) is 143 cm³/mol. The van der Waals surface area contributed by atoms with Crippen molar-refractivity contribution in [2.75, 3.05) is 0 Å². The van der Waals surface area contributed by atoms with E-state index in [1.54, 1.807) is 48.5 Å². The minimum atomic E-state index is -1.01. The number of nitrogens with zero attached hydrogens (tertiary/aromatic N) is 3. The molecular weight excluding hydrogens is 542 g/mol. The van der Waals surface area contributed by atoms with Crippen LogP contribution in [0.3, 0.4) is 0 Å². The maximum atomic E-state index is 13.0. The Hall–Kier alpha value is -3.21. The van der Waals surface area contributed by atoms with Crippen molar-refractivity contribution in [1.29, 1.82) is 0 Å². The van der Waals surface area contributed by atoms with E-state index < -0.39 is 23.4 Å². The summed E-state index contributed by atoms with van der Waals surface area (Å²) in [6.07, 6.45) is 5.71. The molecule has 0 aliphatic heterocycles. The summed E-state index contributed by atoms with van der Waals surface area (Å²) in [5.74, 6) is 0.252. The van der Waals surface area contributed by atoms with Gasteiger partial charge < -0.3 is 30.1 Å². The zero-order valence-electron chi connectivity index (χ0n) is 22.4. The van der Waals surface area contributed by atoms with Gasteiger partial charge in [-0.15, -0.1) is 0 Å². The number of ether oxygens (including phenoxy) is 3. The fourth-order valence-corrected chi connectivity index (χ4v) is 3.94. The maximum absolute atomic E-state index is 13.0. The number of fused-ring (bicyclic) bond motifs is 1. The van der Waals surface area contributed by atoms with Crippen molar-refractivity contribution in [3.05, 3.63) is 57.5 Å². The van der Waals surface area contributed by atoms with Crippen LogP contribution >= 0.6 is 15.9 Å². The fraction of sp³-hybridized carbons (Fsp3) is 0.500. The zero-order valence-corrected chi connectivity index (χ0v) is 24.0. The Morgan fingerprint density at radius 3 is 2.16 bits per heavy atom. The van der Waals surface area contributed by atoms with Gasteiger partial charge >= 0.3 is 12.2 Å². The topological polar surface area (TPSA) is 134 Å². The van der Waals surface area contributed by atoms with Gasteiger partial charge in [-0.05, 0) is 94.8 Å². The first-order valence-electron chi connectivity index (χ1n) is 12.0. The molecule has 11 heteroatoms. The van der Waals surface area contributed by atoms with E-state index in [1.165, 1.54) is 24.5 Å². The van der Waals surface area contributed by atoms with Crippen LogP contribution in [0.15, 0.2) is 46.3 Å². The van der Waals surface area contributed by atoms with Gasteiger partial charge in [-0.25, -0.2) is 14.6 Å². The molecule has 202 valence electrons. The average molecular weight is 579 g/mol. The summed E-state index contributed by atoms with van der Waals surface area (Å²) in [6, 6.07) is 2.09. The summed E-state index contributed by atoms with van der Waals surface area (Å²) in [7, 11) is 0. The molecule has 0 unspecified atom stereocenters. The van der Waals surface area contributed by atoms with Crippen molar-refractivity contribution in [2.45, 2.75) is 85.0 Å². The van der Waals surface area contributed by atoms with Crippen LogP contribution in [0.25, 0.3) is 5.65 Å². The molecule has 37 heavy (non-hydrogen) atoms. The van der Waals surface area contributed by atoms with E-state index in [2.05, 4.69) is 33.2 Å². The Morgan fingerprint density at radius 2 is 1.68 bits per heavy atom. The van der Waals surface area contributed by atoms with Gasteiger partial charge in [0.05, 0.1) is 10.2 Å². The second kappa shape index (κ2) is 10.6. The standard InChI is InChI=1S/C26H36BrN5O5/c1-15(28)10-20(21(29)32(23(33)36-25(2,3)4)24(34)37-26(5,6)7)35-14-18-13-31-12-17(16-8-9-16)11-19(27)22(31)30-18/h10-13,16H,8-9,14,28-29H2,1-7H3/b15-10-,21-20-. The number of carbonyl (C=O) groups excluding carboxylic acids is 2. The lowest BCUT2D eigenvalue weighted by Gasteiger charge is -2.29. The van der Waals surface area contributed by atoms with Gasteiger partial charge in [0, 0.05) is 24.2 Å². The summed E-state index contributed by atoms with van der Waals surface area (Å²) in [5, 5.41) is 0. The second-order valence-corrected chi connectivity index (χ2v) is 11.9. The summed E-state index contributed by atoms with van der Waals surface area (Å²) >= 11 is 3.60. The lowest BCUT2D eigenvalue weighted by Crippen LogP contribution is -2.45. The number of amides is 2. The van der Waals surface area contributed by atoms with Crippen LogP contribution in [0.2, 0.25) is 0 Å². The van der Waals surface area contributed by atoms with Crippen LogP contribution in [-0.2, 0) is 20.8 Å². The molecule has 4 N–H and O–H groups in total. The highest BCUT2D eigenvalue weighted by Crippen LogP contribution is 2.41. The SMILES string of the molecule is C/C(N)=C/C(OCc1cn2cc(C3CC3)cc(Br)c2n1)=C(\N)N(C(=O)OC(C)(C)C)C(=O)OC(C)(C)C. The number of hydrogen-bond donors (Lipinski definition) is 2. The van der Waals surface area contributed by atoms with Crippen LogP contribution in [0.1, 0.15) is 78.5 Å². The summed E-state index contributed by atoms with van der Waals surface area (Å²) in [6.45, 7) is 11.7. The van der Waals surface area contributed by atoms with E-state index in [0.717, 1.165) is 10.1 Å². The molecule has 0 bridgehead atoms. The third-order valence-corrected chi connectivity index (χ3v) is 5.59. The average Bonchev–Trinajstić information content (AvgIpc) is 3.48. The fourth-order valence-electron chi connectivity index (χ4n) is 3.38. The molecule has 0 spiro atoms. The van der Waals surface area contributed by atoms with Crippen molar-refractivity contribution in [3.8, 4) is 0 Å². The van der Waals surface area contributed by atoms with Gasteiger partial charge in [0.15, 0.2) is 17.2 Å². The number of aromatic nitrogens is 2. The molecule has 2 aromatic rings. The molecule has 1 aliphatic rings. The van der Waals surface area contributed by atoms with Crippen molar-refractivity contribution in [2.24, 2.45) is 11.5 Å². The molecular formula is C26H36BrN5O5. The predicted octanol–water partition coefficient (Wildman–Crippen LogP) is 5.65. The number of pyridine rings is 1. The number of allylic oxidation sites excluding steroid dienone is 2. The lowest BCUT2D eigenvalue weighted by atomic mass is 10.2. The van der Waals surface area contributed by atoms with Crippen molar-refractivity contribution in [1.82, 2.24) is 14.3 Å². The van der Waals surface area contributed by atoms with Gasteiger partial charge in [-0.3, -0.25) is 0 Å². The largest absolute Gasteiger partial charge is 0.483 e.